The molecule has 7 heteroatoms. The minimum absolute atomic E-state index is 0.214. The topological polar surface area (TPSA) is 52.0 Å². The van der Waals surface area contributed by atoms with Gasteiger partial charge in [-0.15, -0.1) is 11.3 Å². The number of hydrogen-bond donors (Lipinski definition) is 1. The van der Waals surface area contributed by atoms with Crippen LogP contribution in [0.1, 0.15) is 47.0 Å². The number of halogens is 3. The number of rotatable bonds is 4. The average Bonchev–Trinajstić information content (AvgIpc) is 3.19. The minimum Gasteiger partial charge on any atom is -0.398 e. The molecule has 3 nitrogen and oxygen atoms in total. The molecule has 4 aromatic rings. The van der Waals surface area contributed by atoms with E-state index < -0.39 is 11.7 Å². The van der Waals surface area contributed by atoms with Crippen LogP contribution in [-0.4, -0.2) is 5.16 Å². The number of aryl methyl sites for hydroxylation is 3. The number of nitrogen functional groups attached to an aromatic ring is 1. The highest BCUT2D eigenvalue weighted by atomic mass is 32.1. The number of thiophene rings is 1. The zero-order valence-electron chi connectivity index (χ0n) is 16.4. The Morgan fingerprint density at radius 2 is 1.86 bits per heavy atom. The van der Waals surface area contributed by atoms with Gasteiger partial charge in [0, 0.05) is 26.7 Å². The Balaban J connectivity index is 1.70. The van der Waals surface area contributed by atoms with E-state index in [-0.39, 0.29) is 5.92 Å². The van der Waals surface area contributed by atoms with Crippen LogP contribution in [-0.2, 0) is 19.0 Å². The maximum Gasteiger partial charge on any atom is 0.416 e. The molecule has 2 heterocycles. The molecule has 0 unspecified atom stereocenters. The van der Waals surface area contributed by atoms with Crippen LogP contribution in [0.25, 0.3) is 21.1 Å². The Labute approximate surface area is 170 Å². The predicted octanol–water partition coefficient (Wildman–Crippen LogP) is 6.86. The number of fused-ring (bicyclic) bond motifs is 2. The highest BCUT2D eigenvalue weighted by molar-refractivity contribution is 7.19. The summed E-state index contributed by atoms with van der Waals surface area (Å²) in [5.74, 6) is 0.214. The van der Waals surface area contributed by atoms with E-state index in [9.17, 15) is 13.2 Å². The van der Waals surface area contributed by atoms with Crippen molar-refractivity contribution in [2.24, 2.45) is 0 Å². The van der Waals surface area contributed by atoms with Crippen molar-refractivity contribution in [1.29, 1.82) is 0 Å². The Kier molecular flexibility index (Phi) is 4.81. The number of benzene rings is 2. The fraction of sp³-hybridized carbons (Fsp3) is 0.318. The van der Waals surface area contributed by atoms with E-state index >= 15 is 0 Å². The first kappa shape index (κ1) is 19.8. The molecular weight excluding hydrogens is 397 g/mol. The molecule has 2 aromatic heterocycles. The van der Waals surface area contributed by atoms with Crippen molar-refractivity contribution in [3.8, 4) is 0 Å². The molecule has 0 bridgehead atoms. The average molecular weight is 418 g/mol. The second kappa shape index (κ2) is 7.06. The molecule has 2 aromatic carbocycles. The summed E-state index contributed by atoms with van der Waals surface area (Å²) in [6.45, 7) is 6.08. The van der Waals surface area contributed by atoms with Crippen LogP contribution in [0.3, 0.4) is 0 Å². The third kappa shape index (κ3) is 3.59. The highest BCUT2D eigenvalue weighted by Gasteiger charge is 2.31. The summed E-state index contributed by atoms with van der Waals surface area (Å²) in [7, 11) is 0. The maximum absolute atomic E-state index is 13.1. The largest absolute Gasteiger partial charge is 0.416 e. The molecule has 4 rings (SSSR count). The van der Waals surface area contributed by atoms with E-state index in [1.165, 1.54) is 23.5 Å². The molecule has 0 saturated carbocycles. The van der Waals surface area contributed by atoms with Crippen molar-refractivity contribution in [2.45, 2.75) is 45.7 Å². The normalized spacial score (nSPS) is 12.5. The minimum atomic E-state index is -4.34. The van der Waals surface area contributed by atoms with Crippen molar-refractivity contribution in [1.82, 2.24) is 5.16 Å². The second-order valence-electron chi connectivity index (χ2n) is 7.64. The molecular formula is C22H21F3N2OS. The van der Waals surface area contributed by atoms with Crippen LogP contribution in [0.2, 0.25) is 0 Å². The molecule has 0 atom stereocenters. The maximum atomic E-state index is 13.1. The van der Waals surface area contributed by atoms with Crippen LogP contribution in [0.5, 0.6) is 0 Å². The van der Waals surface area contributed by atoms with Gasteiger partial charge in [-0.1, -0.05) is 25.1 Å². The van der Waals surface area contributed by atoms with Gasteiger partial charge in [-0.05, 0) is 60.4 Å². The molecule has 0 aliphatic heterocycles. The van der Waals surface area contributed by atoms with Gasteiger partial charge in [0.15, 0.2) is 5.58 Å². The quantitative estimate of drug-likeness (QED) is 0.368. The zero-order valence-corrected chi connectivity index (χ0v) is 17.2. The van der Waals surface area contributed by atoms with Gasteiger partial charge in [-0.25, -0.2) is 0 Å². The first-order chi connectivity index (χ1) is 13.6. The van der Waals surface area contributed by atoms with Crippen molar-refractivity contribution in [2.75, 3.05) is 5.73 Å². The summed E-state index contributed by atoms with van der Waals surface area (Å²) in [6.07, 6.45) is -3.00. The lowest BCUT2D eigenvalue weighted by Gasteiger charge is -2.09. The van der Waals surface area contributed by atoms with Gasteiger partial charge in [0.05, 0.1) is 11.3 Å². The Bertz CT molecular complexity index is 1200. The lowest BCUT2D eigenvalue weighted by Crippen LogP contribution is -2.03. The van der Waals surface area contributed by atoms with Gasteiger partial charge in [-0.2, -0.15) is 13.2 Å². The van der Waals surface area contributed by atoms with Crippen molar-refractivity contribution in [3.05, 3.63) is 57.6 Å². The first-order valence-electron chi connectivity index (χ1n) is 9.42. The summed E-state index contributed by atoms with van der Waals surface area (Å²) in [5.41, 5.74) is 9.56. The summed E-state index contributed by atoms with van der Waals surface area (Å²) in [5, 5.41) is 6.03. The molecule has 0 spiro atoms. The molecule has 0 fully saturated rings. The lowest BCUT2D eigenvalue weighted by atomic mass is 9.96. The Morgan fingerprint density at radius 3 is 2.55 bits per heavy atom. The number of nitrogens with zero attached hydrogens (tertiary/aromatic N) is 1. The molecule has 0 saturated heterocycles. The van der Waals surface area contributed by atoms with E-state index in [0.29, 0.717) is 28.8 Å². The molecule has 0 aliphatic carbocycles. The third-order valence-corrected chi connectivity index (χ3v) is 6.46. The Hall–Kier alpha value is -2.54. The molecule has 0 amide bonds. The van der Waals surface area contributed by atoms with Crippen LogP contribution in [0, 0.1) is 6.92 Å². The third-order valence-electron chi connectivity index (χ3n) is 5.23. The van der Waals surface area contributed by atoms with Gasteiger partial charge in [-0.3, -0.25) is 0 Å². The highest BCUT2D eigenvalue weighted by Crippen LogP contribution is 2.40. The number of aromatic nitrogens is 1. The molecule has 0 radical (unpaired) electrons. The standard InChI is InChI=1S/C22H21F3N2OS/c1-11(2)21-14-5-4-13(22(23,24)25)9-20(14)29-19(21)7-6-17-15-8-12(3)16(26)10-18(15)28-27-17/h4-5,8-11H,6-7,26H2,1-3H3. The smallest absolute Gasteiger partial charge is 0.398 e. The molecule has 0 aliphatic rings. The number of alkyl halides is 3. The zero-order chi connectivity index (χ0) is 20.9. The second-order valence-corrected chi connectivity index (χ2v) is 8.77. The van der Waals surface area contributed by atoms with E-state index in [2.05, 4.69) is 19.0 Å². The monoisotopic (exact) mass is 418 g/mol. The van der Waals surface area contributed by atoms with Gasteiger partial charge in [0.2, 0.25) is 0 Å². The number of nitrogens with two attached hydrogens (primary N) is 1. The summed E-state index contributed by atoms with van der Waals surface area (Å²) in [6, 6.07) is 7.78. The van der Waals surface area contributed by atoms with Gasteiger partial charge >= 0.3 is 6.18 Å². The summed E-state index contributed by atoms with van der Waals surface area (Å²) >= 11 is 1.44. The first-order valence-corrected chi connectivity index (χ1v) is 10.2. The molecule has 2 N–H and O–H groups in total. The van der Waals surface area contributed by atoms with Crippen LogP contribution in [0.4, 0.5) is 18.9 Å². The molecule has 152 valence electrons. The van der Waals surface area contributed by atoms with Crippen molar-refractivity contribution >= 4 is 38.1 Å². The van der Waals surface area contributed by atoms with Gasteiger partial charge in [0.25, 0.3) is 0 Å². The van der Waals surface area contributed by atoms with E-state index in [0.717, 1.165) is 32.5 Å². The van der Waals surface area contributed by atoms with Crippen LogP contribution < -0.4 is 5.73 Å². The van der Waals surface area contributed by atoms with E-state index in [1.54, 1.807) is 12.1 Å². The van der Waals surface area contributed by atoms with E-state index in [4.69, 9.17) is 10.3 Å². The summed E-state index contributed by atoms with van der Waals surface area (Å²) < 4.78 is 45.4. The lowest BCUT2D eigenvalue weighted by molar-refractivity contribution is -0.137. The van der Waals surface area contributed by atoms with Gasteiger partial charge in [0.1, 0.15) is 0 Å². The van der Waals surface area contributed by atoms with Crippen molar-refractivity contribution in [3.63, 3.8) is 0 Å². The van der Waals surface area contributed by atoms with Crippen LogP contribution >= 0.6 is 11.3 Å². The Morgan fingerprint density at radius 1 is 1.10 bits per heavy atom. The van der Waals surface area contributed by atoms with E-state index in [1.807, 2.05) is 13.0 Å². The SMILES string of the molecule is Cc1cc2c(CCc3sc4cc(C(F)(F)F)ccc4c3C(C)C)noc2cc1N. The van der Waals surface area contributed by atoms with Crippen molar-refractivity contribution < 1.29 is 17.7 Å². The predicted molar refractivity (Wildman–Crippen MR) is 111 cm³/mol. The fourth-order valence-corrected chi connectivity index (χ4v) is 5.13. The van der Waals surface area contributed by atoms with Crippen LogP contribution in [0.15, 0.2) is 34.9 Å². The van der Waals surface area contributed by atoms with Gasteiger partial charge < -0.3 is 10.3 Å². The fourth-order valence-electron chi connectivity index (χ4n) is 3.73. The number of hydrogen-bond acceptors (Lipinski definition) is 4. The number of anilines is 1. The summed E-state index contributed by atoms with van der Waals surface area (Å²) in [4.78, 5) is 1.10. The molecule has 29 heavy (non-hydrogen) atoms.